The number of carbonyl (C=O) groups is 1. The van der Waals surface area contributed by atoms with Crippen molar-refractivity contribution < 1.29 is 17.9 Å². The van der Waals surface area contributed by atoms with Crippen LogP contribution in [0.3, 0.4) is 0 Å². The average molecular weight is 383 g/mol. The van der Waals surface area contributed by atoms with Crippen molar-refractivity contribution in [3.63, 3.8) is 0 Å². The quantitative estimate of drug-likeness (QED) is 0.771. The molecule has 1 unspecified atom stereocenters. The average Bonchev–Trinajstić information content (AvgIpc) is 2.54. The Labute approximate surface area is 152 Å². The van der Waals surface area contributed by atoms with Crippen LogP contribution in [0.1, 0.15) is 12.5 Å². The van der Waals surface area contributed by atoms with Gasteiger partial charge in [0.15, 0.2) is 6.10 Å². The first-order valence-electron chi connectivity index (χ1n) is 7.51. The maximum Gasteiger partial charge on any atom is 0.261 e. The van der Waals surface area contributed by atoms with Crippen molar-refractivity contribution in [2.45, 2.75) is 19.6 Å². The summed E-state index contributed by atoms with van der Waals surface area (Å²) >= 11 is 6.01. The number of hydrogen-bond acceptors (Lipinski definition) is 4. The highest BCUT2D eigenvalue weighted by molar-refractivity contribution is 7.92. The highest BCUT2D eigenvalue weighted by Gasteiger charge is 2.16. The van der Waals surface area contributed by atoms with Crippen molar-refractivity contribution in [2.75, 3.05) is 11.0 Å². The van der Waals surface area contributed by atoms with E-state index in [0.717, 1.165) is 6.26 Å². The van der Waals surface area contributed by atoms with Crippen molar-refractivity contribution in [3.05, 3.63) is 59.1 Å². The van der Waals surface area contributed by atoms with Crippen LogP contribution >= 0.6 is 11.6 Å². The van der Waals surface area contributed by atoms with E-state index in [9.17, 15) is 13.2 Å². The fourth-order valence-corrected chi connectivity index (χ4v) is 2.86. The zero-order valence-corrected chi connectivity index (χ0v) is 15.4. The molecule has 0 aliphatic carbocycles. The van der Waals surface area contributed by atoms with Crippen LogP contribution in [-0.4, -0.2) is 26.7 Å². The summed E-state index contributed by atoms with van der Waals surface area (Å²) in [5, 5.41) is 3.14. The van der Waals surface area contributed by atoms with Crippen molar-refractivity contribution in [1.29, 1.82) is 0 Å². The predicted molar refractivity (Wildman–Crippen MR) is 98.3 cm³/mol. The van der Waals surface area contributed by atoms with E-state index in [1.165, 1.54) is 0 Å². The molecule has 0 bridgehead atoms. The summed E-state index contributed by atoms with van der Waals surface area (Å²) in [5.41, 5.74) is 1.07. The van der Waals surface area contributed by atoms with E-state index in [1.54, 1.807) is 55.5 Å². The number of amides is 1. The largest absolute Gasteiger partial charge is 0.479 e. The molecule has 0 aromatic heterocycles. The van der Waals surface area contributed by atoms with Crippen LogP contribution in [-0.2, 0) is 21.4 Å². The molecule has 0 heterocycles. The monoisotopic (exact) mass is 382 g/mol. The summed E-state index contributed by atoms with van der Waals surface area (Å²) in [5.74, 6) is 0.0834. The van der Waals surface area contributed by atoms with Gasteiger partial charge in [-0.25, -0.2) is 8.42 Å². The molecule has 0 radical (unpaired) electrons. The molecule has 0 fully saturated rings. The van der Waals surface area contributed by atoms with E-state index in [2.05, 4.69) is 10.0 Å². The lowest BCUT2D eigenvalue weighted by atomic mass is 10.2. The Balaban J connectivity index is 1.99. The summed E-state index contributed by atoms with van der Waals surface area (Å²) in [6, 6.07) is 13.7. The molecule has 0 saturated carbocycles. The van der Waals surface area contributed by atoms with Gasteiger partial charge in [-0.3, -0.25) is 9.52 Å². The fourth-order valence-electron chi connectivity index (χ4n) is 2.08. The Morgan fingerprint density at radius 2 is 1.80 bits per heavy atom. The SMILES string of the molecule is CC(Oc1ccccc1Cl)C(=O)NCc1ccccc1NS(C)(=O)=O. The molecule has 0 aliphatic heterocycles. The zero-order chi connectivity index (χ0) is 18.4. The molecular weight excluding hydrogens is 364 g/mol. The van der Waals surface area contributed by atoms with Crippen LogP contribution in [0.25, 0.3) is 0 Å². The van der Waals surface area contributed by atoms with Crippen LogP contribution in [0.4, 0.5) is 5.69 Å². The second-order valence-corrected chi connectivity index (χ2v) is 7.60. The molecule has 1 amide bonds. The normalized spacial score (nSPS) is 12.3. The number of carbonyl (C=O) groups excluding carboxylic acids is 1. The third-order valence-electron chi connectivity index (χ3n) is 3.28. The number of nitrogens with one attached hydrogen (secondary N) is 2. The molecule has 0 spiro atoms. The maximum atomic E-state index is 12.2. The molecule has 0 aliphatic rings. The minimum Gasteiger partial charge on any atom is -0.479 e. The van der Waals surface area contributed by atoms with Gasteiger partial charge in [0.1, 0.15) is 5.75 Å². The lowest BCUT2D eigenvalue weighted by Crippen LogP contribution is -2.36. The van der Waals surface area contributed by atoms with Crippen molar-refractivity contribution >= 4 is 33.2 Å². The Kier molecular flexibility index (Phi) is 6.27. The number of benzene rings is 2. The van der Waals surface area contributed by atoms with Gasteiger partial charge >= 0.3 is 0 Å². The number of halogens is 1. The Morgan fingerprint density at radius 3 is 2.48 bits per heavy atom. The molecule has 2 aromatic rings. The van der Waals surface area contributed by atoms with Crippen LogP contribution < -0.4 is 14.8 Å². The van der Waals surface area contributed by atoms with Gasteiger partial charge in [-0.05, 0) is 30.7 Å². The molecule has 8 heteroatoms. The number of sulfonamides is 1. The van der Waals surface area contributed by atoms with Gasteiger partial charge in [0.25, 0.3) is 5.91 Å². The van der Waals surface area contributed by atoms with Gasteiger partial charge in [-0.2, -0.15) is 0 Å². The highest BCUT2D eigenvalue weighted by atomic mass is 35.5. The maximum absolute atomic E-state index is 12.2. The summed E-state index contributed by atoms with van der Waals surface area (Å²) in [7, 11) is -3.40. The molecule has 6 nitrogen and oxygen atoms in total. The number of rotatable bonds is 7. The standard InChI is InChI=1S/C17H19ClN2O4S/c1-12(24-16-10-6-4-8-14(16)18)17(21)19-11-13-7-3-5-9-15(13)20-25(2,22)23/h3-10,12,20H,11H2,1-2H3,(H,19,21). The molecule has 2 N–H and O–H groups in total. The molecule has 0 saturated heterocycles. The third kappa shape index (κ3) is 5.95. The van der Waals surface area contributed by atoms with E-state index in [0.29, 0.717) is 22.0 Å². The van der Waals surface area contributed by atoms with Crippen LogP contribution in [0, 0.1) is 0 Å². The first kappa shape index (κ1) is 19.1. The molecule has 2 rings (SSSR count). The topological polar surface area (TPSA) is 84.5 Å². The first-order chi connectivity index (χ1) is 11.8. The predicted octanol–water partition coefficient (Wildman–Crippen LogP) is 2.80. The number of hydrogen-bond donors (Lipinski definition) is 2. The smallest absolute Gasteiger partial charge is 0.261 e. The number of anilines is 1. The third-order valence-corrected chi connectivity index (χ3v) is 4.18. The molecular formula is C17H19ClN2O4S. The fraction of sp³-hybridized carbons (Fsp3) is 0.235. The minimum atomic E-state index is -3.40. The van der Waals surface area contributed by atoms with Crippen molar-refractivity contribution in [1.82, 2.24) is 5.32 Å². The van der Waals surface area contributed by atoms with E-state index >= 15 is 0 Å². The van der Waals surface area contributed by atoms with E-state index in [-0.39, 0.29) is 12.5 Å². The molecule has 25 heavy (non-hydrogen) atoms. The summed E-state index contributed by atoms with van der Waals surface area (Å²) in [6.07, 6.45) is 0.317. The summed E-state index contributed by atoms with van der Waals surface area (Å²) in [6.45, 7) is 1.77. The van der Waals surface area contributed by atoms with Crippen LogP contribution in [0.15, 0.2) is 48.5 Å². The number of ether oxygens (including phenoxy) is 1. The molecule has 2 aromatic carbocycles. The Bertz CT molecular complexity index is 855. The zero-order valence-electron chi connectivity index (χ0n) is 13.8. The van der Waals surface area contributed by atoms with Gasteiger partial charge in [0.05, 0.1) is 17.0 Å². The molecule has 134 valence electrons. The van der Waals surface area contributed by atoms with Crippen LogP contribution in [0.2, 0.25) is 5.02 Å². The highest BCUT2D eigenvalue weighted by Crippen LogP contribution is 2.24. The van der Waals surface area contributed by atoms with Crippen LogP contribution in [0.5, 0.6) is 5.75 Å². The first-order valence-corrected chi connectivity index (χ1v) is 9.78. The van der Waals surface area contributed by atoms with Gasteiger partial charge < -0.3 is 10.1 Å². The number of para-hydroxylation sites is 2. The Hall–Kier alpha value is -2.25. The Morgan fingerprint density at radius 1 is 1.16 bits per heavy atom. The van der Waals surface area contributed by atoms with E-state index in [1.807, 2.05) is 0 Å². The van der Waals surface area contributed by atoms with Crippen molar-refractivity contribution in [3.8, 4) is 5.75 Å². The summed E-state index contributed by atoms with van der Waals surface area (Å²) < 4.78 is 30.8. The van der Waals surface area contributed by atoms with Gasteiger partial charge in [-0.1, -0.05) is 41.9 Å². The van der Waals surface area contributed by atoms with E-state index in [4.69, 9.17) is 16.3 Å². The van der Waals surface area contributed by atoms with E-state index < -0.39 is 16.1 Å². The van der Waals surface area contributed by atoms with Crippen molar-refractivity contribution in [2.24, 2.45) is 0 Å². The second-order valence-electron chi connectivity index (χ2n) is 5.44. The van der Waals surface area contributed by atoms with Gasteiger partial charge in [0.2, 0.25) is 10.0 Å². The van der Waals surface area contributed by atoms with Gasteiger partial charge in [0, 0.05) is 6.54 Å². The lowest BCUT2D eigenvalue weighted by Gasteiger charge is -2.16. The molecule has 1 atom stereocenters. The minimum absolute atomic E-state index is 0.160. The lowest BCUT2D eigenvalue weighted by molar-refractivity contribution is -0.127. The van der Waals surface area contributed by atoms with Gasteiger partial charge in [-0.15, -0.1) is 0 Å². The summed E-state index contributed by atoms with van der Waals surface area (Å²) in [4.78, 5) is 12.2. The second kappa shape index (κ2) is 8.22.